The van der Waals surface area contributed by atoms with Crippen molar-refractivity contribution in [3.8, 4) is 0 Å². The molecule has 98 valence electrons. The van der Waals surface area contributed by atoms with Gasteiger partial charge in [0.15, 0.2) is 0 Å². The van der Waals surface area contributed by atoms with Gasteiger partial charge in [-0.3, -0.25) is 9.59 Å². The van der Waals surface area contributed by atoms with Gasteiger partial charge in [-0.25, -0.2) is 13.6 Å². The summed E-state index contributed by atoms with van der Waals surface area (Å²) < 4.78 is 22.5. The van der Waals surface area contributed by atoms with Crippen LogP contribution >= 0.6 is 0 Å². The molecule has 0 heterocycles. The van der Waals surface area contributed by atoms with Crippen molar-refractivity contribution >= 4 is 33.3 Å². The number of hydrogen-bond acceptors (Lipinski definition) is 5. The van der Waals surface area contributed by atoms with Gasteiger partial charge in [0.25, 0.3) is 0 Å². The molecule has 18 heavy (non-hydrogen) atoms. The molecule has 0 saturated heterocycles. The zero-order chi connectivity index (χ0) is 13.9. The van der Waals surface area contributed by atoms with E-state index in [1.165, 1.54) is 12.1 Å². The molecule has 6 N–H and O–H groups in total. The first-order valence-electron chi connectivity index (χ1n) is 4.64. The van der Waals surface area contributed by atoms with Crippen LogP contribution in [0.2, 0.25) is 0 Å². The van der Waals surface area contributed by atoms with Gasteiger partial charge in [0.05, 0.1) is 5.69 Å². The van der Waals surface area contributed by atoms with Crippen molar-refractivity contribution in [3.63, 3.8) is 0 Å². The summed E-state index contributed by atoms with van der Waals surface area (Å²) in [5, 5.41) is 15.5. The average molecular weight is 273 g/mol. The number of amides is 1. The van der Waals surface area contributed by atoms with Crippen LogP contribution in [-0.2, 0) is 19.6 Å². The molecule has 0 aliphatic carbocycles. The standard InChI is InChI=1S/C9H11N3O5S/c10-5-1-2-6(7(3-5)18(11,16)17)12-8(13)4-9(14)15/h1-3H,4,10H2,(H,12,13)(H,14,15)(H2,11,16,17). The number of nitrogens with one attached hydrogen (secondary N) is 1. The SMILES string of the molecule is Nc1ccc(NC(=O)CC(=O)O)c(S(N)(=O)=O)c1. The first kappa shape index (κ1) is 13.9. The zero-order valence-electron chi connectivity index (χ0n) is 9.08. The molecule has 1 aromatic rings. The van der Waals surface area contributed by atoms with Crippen LogP contribution in [-0.4, -0.2) is 25.4 Å². The normalized spacial score (nSPS) is 10.9. The predicted octanol–water partition coefficient (Wildman–Crippen LogP) is -0.671. The molecule has 1 aromatic carbocycles. The number of aliphatic carboxylic acids is 1. The van der Waals surface area contributed by atoms with Gasteiger partial charge < -0.3 is 16.2 Å². The largest absolute Gasteiger partial charge is 0.481 e. The molecule has 0 aliphatic rings. The van der Waals surface area contributed by atoms with E-state index in [2.05, 4.69) is 5.32 Å². The molecule has 0 radical (unpaired) electrons. The molecule has 0 aliphatic heterocycles. The Kier molecular flexibility index (Phi) is 3.89. The summed E-state index contributed by atoms with van der Waals surface area (Å²) in [5.41, 5.74) is 5.44. The van der Waals surface area contributed by atoms with E-state index in [0.29, 0.717) is 0 Å². The number of carbonyl (C=O) groups excluding carboxylic acids is 1. The Labute approximate surface area is 103 Å². The predicted molar refractivity (Wildman–Crippen MR) is 63.1 cm³/mol. The van der Waals surface area contributed by atoms with Crippen molar-refractivity contribution in [2.75, 3.05) is 11.1 Å². The fraction of sp³-hybridized carbons (Fsp3) is 0.111. The quantitative estimate of drug-likeness (QED) is 0.421. The van der Waals surface area contributed by atoms with E-state index >= 15 is 0 Å². The van der Waals surface area contributed by atoms with Gasteiger partial charge in [-0.1, -0.05) is 0 Å². The van der Waals surface area contributed by atoms with Crippen molar-refractivity contribution in [2.45, 2.75) is 11.3 Å². The molecular weight excluding hydrogens is 262 g/mol. The molecule has 0 bridgehead atoms. The van der Waals surface area contributed by atoms with Gasteiger partial charge in [-0.15, -0.1) is 0 Å². The number of sulfonamides is 1. The second kappa shape index (κ2) is 5.02. The lowest BCUT2D eigenvalue weighted by molar-refractivity contribution is -0.139. The van der Waals surface area contributed by atoms with E-state index in [4.69, 9.17) is 16.0 Å². The second-order valence-electron chi connectivity index (χ2n) is 3.42. The fourth-order valence-electron chi connectivity index (χ4n) is 1.21. The van der Waals surface area contributed by atoms with E-state index < -0.39 is 28.3 Å². The van der Waals surface area contributed by atoms with Gasteiger partial charge >= 0.3 is 5.97 Å². The number of carboxylic acid groups (broad SMARTS) is 1. The van der Waals surface area contributed by atoms with Gasteiger partial charge in [-0.2, -0.15) is 0 Å². The van der Waals surface area contributed by atoms with Crippen molar-refractivity contribution < 1.29 is 23.1 Å². The summed E-state index contributed by atoms with van der Waals surface area (Å²) in [5.74, 6) is -2.20. The van der Waals surface area contributed by atoms with E-state index in [1.54, 1.807) is 0 Å². The zero-order valence-corrected chi connectivity index (χ0v) is 9.90. The van der Waals surface area contributed by atoms with Gasteiger partial charge in [0.2, 0.25) is 15.9 Å². The third kappa shape index (κ3) is 3.71. The minimum atomic E-state index is -4.07. The Hall–Kier alpha value is -2.13. The number of carbonyl (C=O) groups is 2. The highest BCUT2D eigenvalue weighted by Gasteiger charge is 2.17. The smallest absolute Gasteiger partial charge is 0.312 e. The third-order valence-corrected chi connectivity index (χ3v) is 2.85. The maximum Gasteiger partial charge on any atom is 0.312 e. The minimum absolute atomic E-state index is 0.113. The summed E-state index contributed by atoms with van der Waals surface area (Å²) in [4.78, 5) is 21.2. The summed E-state index contributed by atoms with van der Waals surface area (Å²) in [6.45, 7) is 0. The first-order chi connectivity index (χ1) is 8.20. The van der Waals surface area contributed by atoms with E-state index in [0.717, 1.165) is 6.07 Å². The molecule has 0 atom stereocenters. The van der Waals surface area contributed by atoms with Gasteiger partial charge in [-0.05, 0) is 18.2 Å². The second-order valence-corrected chi connectivity index (χ2v) is 4.95. The van der Waals surface area contributed by atoms with E-state index in [-0.39, 0.29) is 16.3 Å². The Morgan fingerprint density at radius 3 is 2.44 bits per heavy atom. The molecule has 1 amide bonds. The lowest BCUT2D eigenvalue weighted by Gasteiger charge is -2.09. The lowest BCUT2D eigenvalue weighted by Crippen LogP contribution is -2.20. The number of nitrogen functional groups attached to an aromatic ring is 1. The highest BCUT2D eigenvalue weighted by Crippen LogP contribution is 2.22. The molecule has 0 fully saturated rings. The molecule has 0 saturated carbocycles. The van der Waals surface area contributed by atoms with Crippen LogP contribution in [0, 0.1) is 0 Å². The van der Waals surface area contributed by atoms with Crippen LogP contribution in [0.1, 0.15) is 6.42 Å². The molecule has 0 unspecified atom stereocenters. The third-order valence-electron chi connectivity index (χ3n) is 1.90. The lowest BCUT2D eigenvalue weighted by atomic mass is 10.2. The number of benzene rings is 1. The molecular formula is C9H11N3O5S. The minimum Gasteiger partial charge on any atom is -0.481 e. The summed E-state index contributed by atoms with van der Waals surface area (Å²) >= 11 is 0. The van der Waals surface area contributed by atoms with Gasteiger partial charge in [0.1, 0.15) is 11.3 Å². The fourth-order valence-corrected chi connectivity index (χ4v) is 1.94. The topological polar surface area (TPSA) is 153 Å². The number of anilines is 2. The number of rotatable bonds is 4. The Balaban J connectivity index is 3.10. The molecule has 0 aromatic heterocycles. The average Bonchev–Trinajstić information content (AvgIpc) is 2.17. The van der Waals surface area contributed by atoms with E-state index in [9.17, 15) is 18.0 Å². The number of hydrogen-bond donors (Lipinski definition) is 4. The number of carboxylic acids is 1. The Morgan fingerprint density at radius 1 is 1.33 bits per heavy atom. The highest BCUT2D eigenvalue weighted by atomic mass is 32.2. The Morgan fingerprint density at radius 2 is 1.94 bits per heavy atom. The number of primary sulfonamides is 1. The van der Waals surface area contributed by atoms with Gasteiger partial charge in [0, 0.05) is 5.69 Å². The van der Waals surface area contributed by atoms with Crippen molar-refractivity contribution in [3.05, 3.63) is 18.2 Å². The summed E-state index contributed by atoms with van der Waals surface area (Å²) in [6, 6.07) is 3.66. The highest BCUT2D eigenvalue weighted by molar-refractivity contribution is 7.89. The molecule has 8 nitrogen and oxygen atoms in total. The number of nitrogens with two attached hydrogens (primary N) is 2. The summed E-state index contributed by atoms with van der Waals surface area (Å²) in [7, 11) is -4.07. The molecule has 1 rings (SSSR count). The van der Waals surface area contributed by atoms with Crippen LogP contribution in [0.25, 0.3) is 0 Å². The van der Waals surface area contributed by atoms with Crippen molar-refractivity contribution in [1.29, 1.82) is 0 Å². The van der Waals surface area contributed by atoms with Crippen LogP contribution in [0.15, 0.2) is 23.1 Å². The molecule has 9 heteroatoms. The van der Waals surface area contributed by atoms with Crippen molar-refractivity contribution in [2.24, 2.45) is 5.14 Å². The van der Waals surface area contributed by atoms with Crippen LogP contribution < -0.4 is 16.2 Å². The molecule has 0 spiro atoms. The maximum atomic E-state index is 11.3. The van der Waals surface area contributed by atoms with Crippen molar-refractivity contribution in [1.82, 2.24) is 0 Å². The summed E-state index contributed by atoms with van der Waals surface area (Å²) in [6.07, 6.45) is -0.783. The van der Waals surface area contributed by atoms with Crippen LogP contribution in [0.4, 0.5) is 11.4 Å². The maximum absolute atomic E-state index is 11.3. The Bertz CT molecular complexity index is 596. The van der Waals surface area contributed by atoms with E-state index in [1.807, 2.05) is 0 Å². The van der Waals surface area contributed by atoms with Crippen LogP contribution in [0.3, 0.4) is 0 Å². The monoisotopic (exact) mass is 273 g/mol. The first-order valence-corrected chi connectivity index (χ1v) is 6.19. The van der Waals surface area contributed by atoms with Crippen LogP contribution in [0.5, 0.6) is 0 Å².